The predicted octanol–water partition coefficient (Wildman–Crippen LogP) is 2.85. The maximum absolute atomic E-state index is 13.0. The van der Waals surface area contributed by atoms with Gasteiger partial charge in [0.05, 0.1) is 18.5 Å². The van der Waals surface area contributed by atoms with E-state index in [2.05, 4.69) is 16.0 Å². The molecule has 1 N–H and O–H groups in total. The van der Waals surface area contributed by atoms with Crippen LogP contribution in [0.3, 0.4) is 0 Å². The molecule has 1 aromatic carbocycles. The fourth-order valence-corrected chi connectivity index (χ4v) is 3.73. The molecule has 0 amide bonds. The zero-order chi connectivity index (χ0) is 15.3. The summed E-state index contributed by atoms with van der Waals surface area (Å²) in [7, 11) is 0. The first-order valence-electron chi connectivity index (χ1n) is 7.00. The summed E-state index contributed by atoms with van der Waals surface area (Å²) in [6.07, 6.45) is 1.56. The van der Waals surface area contributed by atoms with Crippen LogP contribution in [-0.4, -0.2) is 28.2 Å². The van der Waals surface area contributed by atoms with Crippen LogP contribution in [0.25, 0.3) is 10.2 Å². The van der Waals surface area contributed by atoms with Crippen molar-refractivity contribution in [2.75, 3.05) is 18.0 Å². The molecule has 112 valence electrons. The fraction of sp³-hybridized carbons (Fsp3) is 0.250. The Morgan fingerprint density at radius 3 is 2.68 bits per heavy atom. The quantitative estimate of drug-likeness (QED) is 0.790. The molecule has 4 rings (SSSR count). The summed E-state index contributed by atoms with van der Waals surface area (Å²) in [6.45, 7) is 2.93. The standard InChI is InChI=1S/C16H14FN3OS/c1-10-6-13-14(18-9-19-15(13)22-10)20-7-16(21,8-20)11-2-4-12(17)5-3-11/h2-6,9,21H,7-8H2,1H3. The lowest BCUT2D eigenvalue weighted by Gasteiger charge is -2.47. The second-order valence-electron chi connectivity index (χ2n) is 5.67. The Bertz CT molecular complexity index is 840. The molecule has 0 radical (unpaired) electrons. The van der Waals surface area contributed by atoms with Gasteiger partial charge in [0, 0.05) is 4.88 Å². The molecule has 1 fully saturated rings. The first kappa shape index (κ1) is 13.6. The number of β-amino-alcohol motifs (C(OH)–C–C–N with tert-alkyl or cyclic N) is 1. The van der Waals surface area contributed by atoms with E-state index < -0.39 is 5.60 Å². The summed E-state index contributed by atoms with van der Waals surface area (Å²) in [4.78, 5) is 12.8. The number of aliphatic hydroxyl groups is 1. The number of benzene rings is 1. The molecule has 6 heteroatoms. The number of halogens is 1. The highest BCUT2D eigenvalue weighted by Gasteiger charge is 2.43. The number of hydrogen-bond donors (Lipinski definition) is 1. The minimum absolute atomic E-state index is 0.296. The van der Waals surface area contributed by atoms with Gasteiger partial charge in [0.2, 0.25) is 0 Å². The molecule has 0 aliphatic carbocycles. The summed E-state index contributed by atoms with van der Waals surface area (Å²) in [5.41, 5.74) is -0.215. The predicted molar refractivity (Wildman–Crippen MR) is 84.7 cm³/mol. The molecule has 3 heterocycles. The summed E-state index contributed by atoms with van der Waals surface area (Å²) < 4.78 is 13.0. The third-order valence-electron chi connectivity index (χ3n) is 4.02. The van der Waals surface area contributed by atoms with Crippen molar-refractivity contribution < 1.29 is 9.50 Å². The van der Waals surface area contributed by atoms with Gasteiger partial charge in [-0.2, -0.15) is 0 Å². The van der Waals surface area contributed by atoms with Crippen molar-refractivity contribution in [2.45, 2.75) is 12.5 Å². The number of hydrogen-bond acceptors (Lipinski definition) is 5. The van der Waals surface area contributed by atoms with Gasteiger partial charge in [-0.25, -0.2) is 14.4 Å². The highest BCUT2D eigenvalue weighted by molar-refractivity contribution is 7.18. The lowest BCUT2D eigenvalue weighted by molar-refractivity contribution is 0.00718. The largest absolute Gasteiger partial charge is 0.381 e. The Morgan fingerprint density at radius 1 is 1.23 bits per heavy atom. The van der Waals surface area contributed by atoms with E-state index in [1.54, 1.807) is 29.8 Å². The Kier molecular flexibility index (Phi) is 2.92. The third kappa shape index (κ3) is 2.07. The molecule has 0 saturated carbocycles. The van der Waals surface area contributed by atoms with Crippen molar-refractivity contribution in [1.29, 1.82) is 0 Å². The minimum atomic E-state index is -0.948. The Balaban J connectivity index is 1.63. The third-order valence-corrected chi connectivity index (χ3v) is 4.98. The lowest BCUT2D eigenvalue weighted by atomic mass is 9.86. The van der Waals surface area contributed by atoms with Crippen molar-refractivity contribution >= 4 is 27.4 Å². The van der Waals surface area contributed by atoms with E-state index in [-0.39, 0.29) is 5.82 Å². The molecule has 1 aliphatic heterocycles. The van der Waals surface area contributed by atoms with Gasteiger partial charge >= 0.3 is 0 Å². The maximum Gasteiger partial charge on any atom is 0.140 e. The molecule has 1 aliphatic rings. The van der Waals surface area contributed by atoms with Gasteiger partial charge < -0.3 is 10.0 Å². The highest BCUT2D eigenvalue weighted by Crippen LogP contribution is 2.38. The number of nitrogens with zero attached hydrogens (tertiary/aromatic N) is 3. The van der Waals surface area contributed by atoms with Crippen molar-refractivity contribution in [3.8, 4) is 0 Å². The second kappa shape index (κ2) is 4.72. The monoisotopic (exact) mass is 315 g/mol. The zero-order valence-electron chi connectivity index (χ0n) is 12.0. The Hall–Kier alpha value is -2.05. The van der Waals surface area contributed by atoms with E-state index in [0.29, 0.717) is 13.1 Å². The van der Waals surface area contributed by atoms with Crippen LogP contribution in [0, 0.1) is 12.7 Å². The van der Waals surface area contributed by atoms with E-state index in [4.69, 9.17) is 0 Å². The van der Waals surface area contributed by atoms with Crippen LogP contribution < -0.4 is 4.90 Å². The Labute approximate surface area is 130 Å². The van der Waals surface area contributed by atoms with Gasteiger partial charge in [-0.3, -0.25) is 0 Å². The number of fused-ring (bicyclic) bond motifs is 1. The average Bonchev–Trinajstić information content (AvgIpc) is 2.85. The molecule has 2 aromatic heterocycles. The van der Waals surface area contributed by atoms with Crippen LogP contribution in [0.15, 0.2) is 36.7 Å². The van der Waals surface area contributed by atoms with Gasteiger partial charge in [0.1, 0.15) is 28.4 Å². The molecule has 0 atom stereocenters. The van der Waals surface area contributed by atoms with Crippen molar-refractivity contribution in [3.05, 3.63) is 52.9 Å². The van der Waals surface area contributed by atoms with Crippen LogP contribution in [0.2, 0.25) is 0 Å². The topological polar surface area (TPSA) is 49.2 Å². The molecule has 1 saturated heterocycles. The average molecular weight is 315 g/mol. The molecule has 0 bridgehead atoms. The highest BCUT2D eigenvalue weighted by atomic mass is 32.1. The number of thiophene rings is 1. The van der Waals surface area contributed by atoms with Crippen LogP contribution in [0.1, 0.15) is 10.4 Å². The van der Waals surface area contributed by atoms with Gasteiger partial charge in [0.25, 0.3) is 0 Å². The smallest absolute Gasteiger partial charge is 0.140 e. The normalized spacial score (nSPS) is 16.8. The van der Waals surface area contributed by atoms with E-state index in [1.165, 1.54) is 17.0 Å². The van der Waals surface area contributed by atoms with Crippen molar-refractivity contribution in [1.82, 2.24) is 9.97 Å². The first-order chi connectivity index (χ1) is 10.5. The summed E-state index contributed by atoms with van der Waals surface area (Å²) in [6, 6.07) is 8.10. The van der Waals surface area contributed by atoms with E-state index in [0.717, 1.165) is 21.6 Å². The van der Waals surface area contributed by atoms with E-state index in [1.807, 2.05) is 11.8 Å². The number of anilines is 1. The van der Waals surface area contributed by atoms with E-state index >= 15 is 0 Å². The number of aryl methyl sites for hydroxylation is 1. The van der Waals surface area contributed by atoms with Crippen molar-refractivity contribution in [2.24, 2.45) is 0 Å². The Morgan fingerprint density at radius 2 is 1.95 bits per heavy atom. The fourth-order valence-electron chi connectivity index (χ4n) is 2.89. The second-order valence-corrected chi connectivity index (χ2v) is 6.90. The number of aromatic nitrogens is 2. The molecule has 0 spiro atoms. The molecular weight excluding hydrogens is 301 g/mol. The van der Waals surface area contributed by atoms with Crippen LogP contribution in [-0.2, 0) is 5.60 Å². The van der Waals surface area contributed by atoms with Gasteiger partial charge in [-0.1, -0.05) is 12.1 Å². The van der Waals surface area contributed by atoms with Crippen LogP contribution in [0.4, 0.5) is 10.2 Å². The van der Waals surface area contributed by atoms with E-state index in [9.17, 15) is 9.50 Å². The molecule has 0 unspecified atom stereocenters. The number of rotatable bonds is 2. The first-order valence-corrected chi connectivity index (χ1v) is 7.81. The van der Waals surface area contributed by atoms with Gasteiger partial charge in [0.15, 0.2) is 0 Å². The summed E-state index contributed by atoms with van der Waals surface area (Å²) in [5.74, 6) is 0.552. The van der Waals surface area contributed by atoms with Crippen LogP contribution >= 0.6 is 11.3 Å². The molecule has 22 heavy (non-hydrogen) atoms. The minimum Gasteiger partial charge on any atom is -0.381 e. The van der Waals surface area contributed by atoms with Crippen LogP contribution in [0.5, 0.6) is 0 Å². The summed E-state index contributed by atoms with van der Waals surface area (Å²) in [5, 5.41) is 11.7. The molecular formula is C16H14FN3OS. The van der Waals surface area contributed by atoms with Gasteiger partial charge in [-0.05, 0) is 30.7 Å². The molecule has 3 aromatic rings. The summed E-state index contributed by atoms with van der Waals surface area (Å²) >= 11 is 1.63. The molecule has 4 nitrogen and oxygen atoms in total. The SMILES string of the molecule is Cc1cc2c(N3CC(O)(c4ccc(F)cc4)C3)ncnc2s1. The lowest BCUT2D eigenvalue weighted by Crippen LogP contribution is -2.59. The maximum atomic E-state index is 13.0. The zero-order valence-corrected chi connectivity index (χ0v) is 12.8. The van der Waals surface area contributed by atoms with Crippen molar-refractivity contribution in [3.63, 3.8) is 0 Å². The van der Waals surface area contributed by atoms with Gasteiger partial charge in [-0.15, -0.1) is 11.3 Å².